The van der Waals surface area contributed by atoms with Crippen molar-refractivity contribution in [3.05, 3.63) is 85.1 Å². The third kappa shape index (κ3) is 58.4. The number of ether oxygens (including phenoxy) is 2. The molecule has 0 aliphatic rings. The average Bonchev–Trinajstić information content (AvgIpc) is 3.33. The van der Waals surface area contributed by atoms with Gasteiger partial charge in [0.05, 0.1) is 34.4 Å². The number of likely N-dealkylation sites (N-methyl/N-ethyl adjacent to an activating group) is 1. The van der Waals surface area contributed by atoms with Crippen LogP contribution < -0.4 is 0 Å². The summed E-state index contributed by atoms with van der Waals surface area (Å²) in [5.41, 5.74) is 0. The van der Waals surface area contributed by atoms with Crippen molar-refractivity contribution in [1.82, 2.24) is 0 Å². The van der Waals surface area contributed by atoms with Crippen molar-refractivity contribution in [2.75, 3.05) is 54.1 Å². The van der Waals surface area contributed by atoms with Crippen molar-refractivity contribution in [1.29, 1.82) is 0 Å². The fourth-order valence-corrected chi connectivity index (χ4v) is 8.71. The smallest absolute Gasteiger partial charge is 0.457 e. The molecule has 0 rings (SSSR count). The minimum absolute atomic E-state index is 0.0797. The summed E-state index contributed by atoms with van der Waals surface area (Å²) in [5.74, 6) is -0.337. The highest BCUT2D eigenvalue weighted by Crippen LogP contribution is 2.43. The minimum Gasteiger partial charge on any atom is -0.457 e. The first-order valence-corrected chi connectivity index (χ1v) is 30.8. The van der Waals surface area contributed by atoms with E-state index in [0.29, 0.717) is 24.1 Å². The van der Waals surface area contributed by atoms with Crippen molar-refractivity contribution in [3.63, 3.8) is 0 Å². The third-order valence-electron chi connectivity index (χ3n) is 12.4. The van der Waals surface area contributed by atoms with Gasteiger partial charge in [0.15, 0.2) is 0 Å². The fourth-order valence-electron chi connectivity index (χ4n) is 7.96. The zero-order chi connectivity index (χ0) is 51.9. The number of allylic oxidation sites excluding steroid dienone is 14. The van der Waals surface area contributed by atoms with Crippen LogP contribution in [0.3, 0.4) is 0 Å². The van der Waals surface area contributed by atoms with E-state index in [1.807, 2.05) is 21.1 Å². The Morgan fingerprint density at radius 3 is 1.24 bits per heavy atom. The van der Waals surface area contributed by atoms with E-state index >= 15 is 0 Å². The lowest BCUT2D eigenvalue weighted by Crippen LogP contribution is -2.37. The molecule has 0 aliphatic carbocycles. The zero-order valence-corrected chi connectivity index (χ0v) is 47.8. The second-order valence-electron chi connectivity index (χ2n) is 20.6. The summed E-state index contributed by atoms with van der Waals surface area (Å²) in [6.45, 7) is 5.49. The SMILES string of the molecule is CC/C=C\C/C=C\C/C=C\C/C=C\C/C=C\C/C=C\CCCCCCC(=O)OC(COCCCCCCCCCCCCCCCC/C=C\CCCCCCCCCC)COP(=O)(O)OCC[N+](C)(C)C. The number of hydrogen-bond donors (Lipinski definition) is 1. The molecule has 0 bridgehead atoms. The molecule has 0 aromatic rings. The molecule has 71 heavy (non-hydrogen) atoms. The highest BCUT2D eigenvalue weighted by molar-refractivity contribution is 7.47. The normalized spacial score (nSPS) is 14.1. The van der Waals surface area contributed by atoms with Gasteiger partial charge in [-0.2, -0.15) is 0 Å². The Bertz CT molecular complexity index is 1410. The van der Waals surface area contributed by atoms with Crippen LogP contribution in [-0.4, -0.2) is 75.6 Å². The Morgan fingerprint density at radius 1 is 0.451 bits per heavy atom. The summed E-state index contributed by atoms with van der Waals surface area (Å²) in [6.07, 6.45) is 73.7. The summed E-state index contributed by atoms with van der Waals surface area (Å²) in [4.78, 5) is 23.1. The Labute approximate surface area is 439 Å². The number of phosphoric ester groups is 1. The Kier molecular flexibility index (Phi) is 52.2. The van der Waals surface area contributed by atoms with Crippen molar-refractivity contribution < 1.29 is 37.3 Å². The van der Waals surface area contributed by atoms with Gasteiger partial charge in [-0.25, -0.2) is 4.57 Å². The maximum absolute atomic E-state index is 12.8. The third-order valence-corrected chi connectivity index (χ3v) is 13.4. The highest BCUT2D eigenvalue weighted by Gasteiger charge is 2.26. The van der Waals surface area contributed by atoms with Gasteiger partial charge < -0.3 is 18.9 Å². The molecule has 0 amide bonds. The van der Waals surface area contributed by atoms with Gasteiger partial charge in [-0.3, -0.25) is 13.8 Å². The van der Waals surface area contributed by atoms with Crippen LogP contribution in [0.1, 0.15) is 245 Å². The predicted molar refractivity (Wildman–Crippen MR) is 307 cm³/mol. The number of carbonyl (C=O) groups excluding carboxylic acids is 1. The molecule has 0 aromatic carbocycles. The Hall–Kier alpha value is -2.32. The molecular weight excluding hydrogens is 902 g/mol. The molecule has 0 fully saturated rings. The van der Waals surface area contributed by atoms with Gasteiger partial charge in [0, 0.05) is 13.0 Å². The quantitative estimate of drug-likeness (QED) is 0.0213. The van der Waals surface area contributed by atoms with Crippen LogP contribution in [0.25, 0.3) is 0 Å². The predicted octanol–water partition coefficient (Wildman–Crippen LogP) is 18.7. The minimum atomic E-state index is -4.30. The van der Waals surface area contributed by atoms with E-state index in [-0.39, 0.29) is 25.8 Å². The lowest BCUT2D eigenvalue weighted by Gasteiger charge is -2.24. The van der Waals surface area contributed by atoms with Gasteiger partial charge in [-0.1, -0.05) is 234 Å². The van der Waals surface area contributed by atoms with Crippen LogP contribution in [0.5, 0.6) is 0 Å². The number of esters is 1. The molecule has 412 valence electrons. The van der Waals surface area contributed by atoms with Gasteiger partial charge in [0.25, 0.3) is 0 Å². The molecule has 0 aliphatic heterocycles. The van der Waals surface area contributed by atoms with Gasteiger partial charge in [-0.15, -0.1) is 0 Å². The van der Waals surface area contributed by atoms with Crippen LogP contribution in [0, 0.1) is 0 Å². The van der Waals surface area contributed by atoms with E-state index in [0.717, 1.165) is 83.5 Å². The van der Waals surface area contributed by atoms with Gasteiger partial charge in [0.1, 0.15) is 19.3 Å². The average molecular weight is 1020 g/mol. The van der Waals surface area contributed by atoms with Crippen LogP contribution >= 0.6 is 7.82 Å². The standard InChI is InChI=1S/C62H112NO7P/c1-6-8-10-12-14-16-18-20-22-24-26-28-30-31-32-34-36-38-40-42-44-46-48-50-52-54-57-67-59-61(60-69-71(65,66)68-58-56-63(3,4)5)70-62(64)55-53-51-49-47-45-43-41-39-37-35-33-29-27-25-23-21-19-17-15-13-11-9-7-2/h9,11,15,17,21,23-24,26-27,29,35,37,41,43,61H,6-8,10,12-14,16,18-20,22,25,28,30-34,36,38-40,42,44-60H2,1-5H3/p+1/b11-9-,17-15-,23-21-,26-24-,29-27-,37-35-,43-41-. The molecule has 2 unspecified atom stereocenters. The molecule has 0 aromatic heterocycles. The van der Waals surface area contributed by atoms with E-state index in [1.165, 1.54) is 141 Å². The van der Waals surface area contributed by atoms with Crippen LogP contribution in [0.15, 0.2) is 85.1 Å². The maximum atomic E-state index is 12.8. The van der Waals surface area contributed by atoms with Crippen molar-refractivity contribution in [2.24, 2.45) is 0 Å². The van der Waals surface area contributed by atoms with Crippen molar-refractivity contribution in [2.45, 2.75) is 251 Å². The zero-order valence-electron chi connectivity index (χ0n) is 46.9. The first-order chi connectivity index (χ1) is 34.6. The summed E-state index contributed by atoms with van der Waals surface area (Å²) < 4.78 is 35.2. The molecule has 0 radical (unpaired) electrons. The summed E-state index contributed by atoms with van der Waals surface area (Å²) >= 11 is 0. The lowest BCUT2D eigenvalue weighted by molar-refractivity contribution is -0.870. The largest absolute Gasteiger partial charge is 0.472 e. The molecule has 8 nitrogen and oxygen atoms in total. The topological polar surface area (TPSA) is 91.3 Å². The van der Waals surface area contributed by atoms with Crippen LogP contribution in [0.2, 0.25) is 0 Å². The monoisotopic (exact) mass is 1010 g/mol. The van der Waals surface area contributed by atoms with Crippen molar-refractivity contribution >= 4 is 13.8 Å². The Morgan fingerprint density at radius 2 is 0.817 bits per heavy atom. The number of carbonyl (C=O) groups is 1. The molecule has 2 atom stereocenters. The van der Waals surface area contributed by atoms with Gasteiger partial charge >= 0.3 is 13.8 Å². The number of hydrogen-bond acceptors (Lipinski definition) is 6. The maximum Gasteiger partial charge on any atom is 0.472 e. The van der Waals surface area contributed by atoms with Crippen LogP contribution in [0.4, 0.5) is 0 Å². The molecule has 9 heteroatoms. The molecule has 0 spiro atoms. The molecule has 0 saturated heterocycles. The second kappa shape index (κ2) is 54.0. The Balaban J connectivity index is 4.12. The first-order valence-electron chi connectivity index (χ1n) is 29.3. The van der Waals surface area contributed by atoms with Crippen LogP contribution in [-0.2, 0) is 27.9 Å². The molecule has 0 heterocycles. The van der Waals surface area contributed by atoms with E-state index < -0.39 is 13.9 Å². The van der Waals surface area contributed by atoms with Gasteiger partial charge in [-0.05, 0) is 89.9 Å². The van der Waals surface area contributed by atoms with Gasteiger partial charge in [0.2, 0.25) is 0 Å². The number of unbranched alkanes of at least 4 members (excludes halogenated alkanes) is 26. The number of rotatable bonds is 54. The lowest BCUT2D eigenvalue weighted by atomic mass is 10.0. The second-order valence-corrected chi connectivity index (χ2v) is 22.1. The molecule has 1 N–H and O–H groups in total. The summed E-state index contributed by atoms with van der Waals surface area (Å²) in [7, 11) is 1.64. The van der Waals surface area contributed by atoms with Crippen molar-refractivity contribution in [3.8, 4) is 0 Å². The molecular formula is C62H113NO7P+. The molecule has 0 saturated carbocycles. The van der Waals surface area contributed by atoms with E-state index in [2.05, 4.69) is 98.9 Å². The highest BCUT2D eigenvalue weighted by atomic mass is 31.2. The van der Waals surface area contributed by atoms with E-state index in [9.17, 15) is 14.3 Å². The summed E-state index contributed by atoms with van der Waals surface area (Å²) in [6, 6.07) is 0. The van der Waals surface area contributed by atoms with E-state index in [4.69, 9.17) is 18.5 Å². The summed E-state index contributed by atoms with van der Waals surface area (Å²) in [5, 5.41) is 0. The van der Waals surface area contributed by atoms with E-state index in [1.54, 1.807) is 0 Å². The number of nitrogens with zero attached hydrogens (tertiary/aromatic N) is 1. The fraction of sp³-hybridized carbons (Fsp3) is 0.758. The first kappa shape index (κ1) is 68.7. The number of quaternary nitrogens is 1. The number of phosphoric acid groups is 1.